The number of nitrogens with two attached hydrogens (primary N) is 1. The number of rotatable bonds is 2. The smallest absolute Gasteiger partial charge is 0.265 e. The van der Waals surface area contributed by atoms with E-state index >= 15 is 0 Å². The molecule has 1 aliphatic rings. The summed E-state index contributed by atoms with van der Waals surface area (Å²) in [6.45, 7) is 0. The number of amides is 2. The van der Waals surface area contributed by atoms with Crippen LogP contribution in [0.5, 0.6) is 0 Å². The van der Waals surface area contributed by atoms with E-state index in [1.165, 1.54) is 18.2 Å². The molecule has 7 heteroatoms. The first-order valence-electron chi connectivity index (χ1n) is 6.46. The van der Waals surface area contributed by atoms with Gasteiger partial charge in [0.2, 0.25) is 15.9 Å². The molecule has 1 aliphatic heterocycles. The molecule has 2 N–H and O–H groups in total. The topological polar surface area (TPSA) is 97.5 Å². The van der Waals surface area contributed by atoms with Crippen LogP contribution in [0, 0.1) is 0 Å². The number of benzene rings is 2. The van der Waals surface area contributed by atoms with E-state index in [9.17, 15) is 18.0 Å². The Morgan fingerprint density at radius 3 is 2.32 bits per heavy atom. The van der Waals surface area contributed by atoms with Crippen LogP contribution in [0.2, 0.25) is 0 Å². The van der Waals surface area contributed by atoms with E-state index < -0.39 is 21.8 Å². The van der Waals surface area contributed by atoms with Gasteiger partial charge in [-0.2, -0.15) is 0 Å². The highest BCUT2D eigenvalue weighted by atomic mass is 32.2. The molecule has 3 rings (SSSR count). The van der Waals surface area contributed by atoms with E-state index in [2.05, 4.69) is 0 Å². The molecule has 22 heavy (non-hydrogen) atoms. The first-order valence-corrected chi connectivity index (χ1v) is 8.01. The zero-order valence-corrected chi connectivity index (χ0v) is 12.2. The van der Waals surface area contributed by atoms with E-state index in [1.807, 2.05) is 0 Å². The van der Waals surface area contributed by atoms with Crippen molar-refractivity contribution in [3.8, 4) is 0 Å². The van der Waals surface area contributed by atoms with E-state index in [-0.39, 0.29) is 17.0 Å². The second kappa shape index (κ2) is 5.04. The molecule has 0 fully saturated rings. The van der Waals surface area contributed by atoms with Gasteiger partial charge >= 0.3 is 0 Å². The summed E-state index contributed by atoms with van der Waals surface area (Å²) < 4.78 is 23.4. The van der Waals surface area contributed by atoms with Crippen LogP contribution in [-0.2, 0) is 21.2 Å². The summed E-state index contributed by atoms with van der Waals surface area (Å²) >= 11 is 0. The Hall–Kier alpha value is -2.51. The molecule has 0 spiro atoms. The number of fused-ring (bicyclic) bond motifs is 1. The SMILES string of the molecule is NS(=O)(=O)c1ccccc1N1C(=O)Cc2ccccc2C1=O. The molecular weight excluding hydrogens is 304 g/mol. The van der Waals surface area contributed by atoms with Crippen molar-refractivity contribution in [1.82, 2.24) is 0 Å². The van der Waals surface area contributed by atoms with Crippen LogP contribution < -0.4 is 10.0 Å². The third-order valence-electron chi connectivity index (χ3n) is 3.45. The van der Waals surface area contributed by atoms with Gasteiger partial charge in [0.05, 0.1) is 12.1 Å². The predicted octanol–water partition coefficient (Wildman–Crippen LogP) is 1.06. The van der Waals surface area contributed by atoms with Crippen LogP contribution in [-0.4, -0.2) is 20.2 Å². The Labute approximate surface area is 127 Å². The Bertz CT molecular complexity index is 890. The van der Waals surface area contributed by atoms with Crippen molar-refractivity contribution in [3.63, 3.8) is 0 Å². The fourth-order valence-electron chi connectivity index (χ4n) is 2.49. The van der Waals surface area contributed by atoms with Gasteiger partial charge in [0.15, 0.2) is 0 Å². The van der Waals surface area contributed by atoms with Crippen LogP contribution in [0.25, 0.3) is 0 Å². The number of hydrogen-bond donors (Lipinski definition) is 1. The second-order valence-corrected chi connectivity index (χ2v) is 6.41. The number of hydrogen-bond acceptors (Lipinski definition) is 4. The highest BCUT2D eigenvalue weighted by Gasteiger charge is 2.34. The second-order valence-electron chi connectivity index (χ2n) is 4.88. The summed E-state index contributed by atoms with van der Waals surface area (Å²) in [5.41, 5.74) is 0.989. The lowest BCUT2D eigenvalue weighted by atomic mass is 9.98. The maximum Gasteiger partial charge on any atom is 0.265 e. The first kappa shape index (κ1) is 14.4. The minimum Gasteiger partial charge on any atom is -0.274 e. The Kier molecular flexibility index (Phi) is 3.31. The largest absolute Gasteiger partial charge is 0.274 e. The van der Waals surface area contributed by atoms with Crippen LogP contribution in [0.3, 0.4) is 0 Å². The molecular formula is C15H12N2O4S. The van der Waals surface area contributed by atoms with Crippen LogP contribution in [0.1, 0.15) is 15.9 Å². The molecule has 0 saturated heterocycles. The van der Waals surface area contributed by atoms with Gasteiger partial charge in [-0.25, -0.2) is 18.5 Å². The molecule has 0 radical (unpaired) electrons. The lowest BCUT2D eigenvalue weighted by molar-refractivity contribution is -0.117. The molecule has 0 saturated carbocycles. The lowest BCUT2D eigenvalue weighted by Gasteiger charge is -2.27. The predicted molar refractivity (Wildman–Crippen MR) is 79.8 cm³/mol. The number of sulfonamides is 1. The van der Waals surface area contributed by atoms with E-state index in [0.29, 0.717) is 11.1 Å². The summed E-state index contributed by atoms with van der Waals surface area (Å²) in [6.07, 6.45) is 0.0286. The number of imide groups is 1. The number of primary sulfonamides is 1. The molecule has 0 atom stereocenters. The first-order chi connectivity index (χ1) is 10.4. The molecule has 0 aromatic heterocycles. The lowest BCUT2D eigenvalue weighted by Crippen LogP contribution is -2.43. The van der Waals surface area contributed by atoms with Gasteiger partial charge in [0, 0.05) is 5.56 Å². The fraction of sp³-hybridized carbons (Fsp3) is 0.0667. The van der Waals surface area contributed by atoms with Gasteiger partial charge in [-0.05, 0) is 23.8 Å². The highest BCUT2D eigenvalue weighted by Crippen LogP contribution is 2.29. The average Bonchev–Trinajstić information content (AvgIpc) is 2.47. The maximum atomic E-state index is 12.6. The van der Waals surface area contributed by atoms with Crippen molar-refractivity contribution in [2.24, 2.45) is 5.14 Å². The summed E-state index contributed by atoms with van der Waals surface area (Å²) in [6, 6.07) is 12.4. The van der Waals surface area contributed by atoms with Crippen molar-refractivity contribution >= 4 is 27.5 Å². The number of anilines is 1. The van der Waals surface area contributed by atoms with Crippen molar-refractivity contribution in [2.45, 2.75) is 11.3 Å². The number of carbonyl (C=O) groups excluding carboxylic acids is 2. The van der Waals surface area contributed by atoms with Crippen molar-refractivity contribution in [1.29, 1.82) is 0 Å². The zero-order chi connectivity index (χ0) is 15.9. The van der Waals surface area contributed by atoms with Crippen LogP contribution in [0.4, 0.5) is 5.69 Å². The fourth-order valence-corrected chi connectivity index (χ4v) is 3.20. The molecule has 2 aromatic carbocycles. The molecule has 2 amide bonds. The highest BCUT2D eigenvalue weighted by molar-refractivity contribution is 7.89. The van der Waals surface area contributed by atoms with E-state index in [0.717, 1.165) is 4.90 Å². The van der Waals surface area contributed by atoms with Crippen LogP contribution in [0.15, 0.2) is 53.4 Å². The van der Waals surface area contributed by atoms with Gasteiger partial charge in [0.1, 0.15) is 4.90 Å². The van der Waals surface area contributed by atoms with Crippen LogP contribution >= 0.6 is 0 Å². The number of carbonyl (C=O) groups is 2. The average molecular weight is 316 g/mol. The third kappa shape index (κ3) is 2.30. The van der Waals surface area contributed by atoms with Gasteiger partial charge in [-0.1, -0.05) is 30.3 Å². The van der Waals surface area contributed by atoms with E-state index in [4.69, 9.17) is 5.14 Å². The van der Waals surface area contributed by atoms with Crippen molar-refractivity contribution in [3.05, 3.63) is 59.7 Å². The quantitative estimate of drug-likeness (QED) is 0.838. The van der Waals surface area contributed by atoms with E-state index in [1.54, 1.807) is 30.3 Å². The summed E-state index contributed by atoms with van der Waals surface area (Å²) in [7, 11) is -4.05. The van der Waals surface area contributed by atoms with Gasteiger partial charge in [0.25, 0.3) is 5.91 Å². The monoisotopic (exact) mass is 316 g/mol. The Balaban J connectivity index is 2.19. The molecule has 1 heterocycles. The standard InChI is InChI=1S/C15H12N2O4S/c16-22(20,21)13-8-4-3-7-12(13)17-14(18)9-10-5-1-2-6-11(10)15(17)19/h1-8H,9H2,(H2,16,20,21). The summed E-state index contributed by atoms with van der Waals surface area (Å²) in [4.78, 5) is 25.5. The Morgan fingerprint density at radius 2 is 1.59 bits per heavy atom. The minimum atomic E-state index is -4.05. The Morgan fingerprint density at radius 1 is 0.955 bits per heavy atom. The molecule has 2 aromatic rings. The molecule has 112 valence electrons. The van der Waals surface area contributed by atoms with Gasteiger partial charge in [-0.15, -0.1) is 0 Å². The molecule has 0 aliphatic carbocycles. The molecule has 0 bridgehead atoms. The summed E-state index contributed by atoms with van der Waals surface area (Å²) in [5, 5.41) is 5.17. The summed E-state index contributed by atoms with van der Waals surface area (Å²) in [5.74, 6) is -1.04. The molecule has 6 nitrogen and oxygen atoms in total. The zero-order valence-electron chi connectivity index (χ0n) is 11.4. The molecule has 0 unspecified atom stereocenters. The van der Waals surface area contributed by atoms with Crippen molar-refractivity contribution in [2.75, 3.05) is 4.90 Å². The number of para-hydroxylation sites is 1. The third-order valence-corrected chi connectivity index (χ3v) is 4.41. The van der Waals surface area contributed by atoms with Crippen molar-refractivity contribution < 1.29 is 18.0 Å². The maximum absolute atomic E-state index is 12.6. The van der Waals surface area contributed by atoms with Gasteiger partial charge in [-0.3, -0.25) is 9.59 Å². The normalized spacial score (nSPS) is 14.9. The minimum absolute atomic E-state index is 0.0190. The van der Waals surface area contributed by atoms with Gasteiger partial charge < -0.3 is 0 Å². The number of nitrogens with zero attached hydrogens (tertiary/aromatic N) is 1.